The average molecular weight is 156 g/mol. The van der Waals surface area contributed by atoms with Crippen LogP contribution in [0.1, 0.15) is 12.5 Å². The smallest absolute Gasteiger partial charge is 0.278 e. The lowest BCUT2D eigenvalue weighted by atomic mass is 10.2. The second-order valence-electron chi connectivity index (χ2n) is 2.09. The highest BCUT2D eigenvalue weighted by molar-refractivity contribution is 6.30. The molecule has 0 spiro atoms. The molecule has 1 aromatic carbocycles. The van der Waals surface area contributed by atoms with Gasteiger partial charge in [-0.2, -0.15) is 0 Å². The molecule has 52 valence electrons. The Hall–Kier alpha value is -0.820. The zero-order valence-electron chi connectivity index (χ0n) is 5.63. The number of benzene rings is 1. The number of ketones is 1. The van der Waals surface area contributed by atoms with E-state index in [9.17, 15) is 0 Å². The maximum Gasteiger partial charge on any atom is 0.320 e. The van der Waals surface area contributed by atoms with E-state index in [0.29, 0.717) is 10.8 Å². The molecule has 0 radical (unpaired) electrons. The molecule has 0 atom stereocenters. The van der Waals surface area contributed by atoms with Crippen molar-refractivity contribution >= 4 is 17.4 Å². The van der Waals surface area contributed by atoms with Gasteiger partial charge in [0.25, 0.3) is 0 Å². The van der Waals surface area contributed by atoms with Gasteiger partial charge in [0, 0.05) is 5.02 Å². The van der Waals surface area contributed by atoms with Gasteiger partial charge in [0.2, 0.25) is 0 Å². The summed E-state index contributed by atoms with van der Waals surface area (Å²) in [6.07, 6.45) is 0. The monoisotopic (exact) mass is 155 g/mol. The van der Waals surface area contributed by atoms with Gasteiger partial charge in [0.1, 0.15) is 0 Å². The van der Waals surface area contributed by atoms with Gasteiger partial charge in [-0.1, -0.05) is 11.6 Å². The highest BCUT2D eigenvalue weighted by atomic mass is 35.5. The zero-order valence-corrected chi connectivity index (χ0v) is 6.39. The van der Waals surface area contributed by atoms with Gasteiger partial charge in [-0.25, -0.2) is 0 Å². The molecule has 1 rings (SSSR count). The first kappa shape index (κ1) is 7.29. The molecule has 1 nitrogen and oxygen atoms in total. The first-order valence-electron chi connectivity index (χ1n) is 2.98. The van der Waals surface area contributed by atoms with Crippen LogP contribution in [-0.4, -0.2) is 10.6 Å². The number of halogens is 1. The van der Waals surface area contributed by atoms with Crippen LogP contribution in [0.25, 0.3) is 0 Å². The standard InChI is InChI=1S/C8H7ClO/c1-6(10)7-2-4-8(9)5-3-7/h2-5H,1H3/p+1. The van der Waals surface area contributed by atoms with Crippen LogP contribution in [0.3, 0.4) is 0 Å². The molecule has 0 amide bonds. The molecule has 0 aliphatic carbocycles. The van der Waals surface area contributed by atoms with E-state index < -0.39 is 0 Å². The van der Waals surface area contributed by atoms with E-state index >= 15 is 0 Å². The molecular formula is C8H8ClO+. The summed E-state index contributed by atoms with van der Waals surface area (Å²) in [6, 6.07) is 7.04. The van der Waals surface area contributed by atoms with Crippen molar-refractivity contribution in [3.05, 3.63) is 34.9 Å². The molecule has 0 heterocycles. The maximum atomic E-state index is 8.99. The van der Waals surface area contributed by atoms with Crippen LogP contribution in [0, 0.1) is 0 Å². The van der Waals surface area contributed by atoms with Gasteiger partial charge in [0.15, 0.2) is 0 Å². The van der Waals surface area contributed by atoms with Gasteiger partial charge in [-0.15, -0.1) is 0 Å². The SMILES string of the molecule is CC(=[OH+])c1ccc(Cl)cc1. The molecule has 0 bridgehead atoms. The Morgan fingerprint density at radius 3 is 2.20 bits per heavy atom. The molecule has 0 unspecified atom stereocenters. The topological polar surface area (TPSA) is 21.4 Å². The summed E-state index contributed by atoms with van der Waals surface area (Å²) in [5, 5.41) is 0.685. The van der Waals surface area contributed by atoms with Crippen LogP contribution in [0.15, 0.2) is 24.3 Å². The van der Waals surface area contributed by atoms with Crippen molar-refractivity contribution in [2.45, 2.75) is 6.92 Å². The third-order valence-electron chi connectivity index (χ3n) is 1.26. The molecule has 0 fully saturated rings. The fourth-order valence-electron chi connectivity index (χ4n) is 0.691. The predicted octanol–water partition coefficient (Wildman–Crippen LogP) is 2.25. The van der Waals surface area contributed by atoms with Crippen molar-refractivity contribution in [3.63, 3.8) is 0 Å². The van der Waals surface area contributed by atoms with E-state index in [4.69, 9.17) is 16.4 Å². The third-order valence-corrected chi connectivity index (χ3v) is 1.51. The second kappa shape index (κ2) is 2.84. The normalized spacial score (nSPS) is 9.40. The van der Waals surface area contributed by atoms with Crippen molar-refractivity contribution in [1.82, 2.24) is 0 Å². The van der Waals surface area contributed by atoms with Crippen molar-refractivity contribution < 1.29 is 4.79 Å². The average Bonchev–Trinajstić information content (AvgIpc) is 1.88. The van der Waals surface area contributed by atoms with Crippen LogP contribution in [0.5, 0.6) is 0 Å². The van der Waals surface area contributed by atoms with Gasteiger partial charge in [-0.3, -0.25) is 4.79 Å². The highest BCUT2D eigenvalue weighted by Crippen LogP contribution is 2.08. The molecule has 1 aromatic rings. The lowest BCUT2D eigenvalue weighted by molar-refractivity contribution is 0.675. The number of hydrogen-bond donors (Lipinski definition) is 0. The van der Waals surface area contributed by atoms with Gasteiger partial charge in [-0.05, 0) is 24.3 Å². The second-order valence-corrected chi connectivity index (χ2v) is 2.53. The molecule has 2 heteroatoms. The Balaban J connectivity index is 3.00. The summed E-state index contributed by atoms with van der Waals surface area (Å²) >= 11 is 5.63. The molecule has 0 aliphatic heterocycles. The van der Waals surface area contributed by atoms with Crippen molar-refractivity contribution in [2.24, 2.45) is 0 Å². The summed E-state index contributed by atoms with van der Waals surface area (Å²) in [7, 11) is 0. The van der Waals surface area contributed by atoms with Crippen molar-refractivity contribution in [2.75, 3.05) is 0 Å². The van der Waals surface area contributed by atoms with Crippen LogP contribution in [0.4, 0.5) is 0 Å². The lowest BCUT2D eigenvalue weighted by Gasteiger charge is -1.89. The van der Waals surface area contributed by atoms with Crippen LogP contribution in [-0.2, 0) is 0 Å². The fraction of sp³-hybridized carbons (Fsp3) is 0.125. The summed E-state index contributed by atoms with van der Waals surface area (Å²) < 4.78 is 0. The number of carbonyl (C=O) groups excluding carboxylic acids is 1. The Labute approximate surface area is 64.6 Å². The number of rotatable bonds is 1. The molecule has 0 aromatic heterocycles. The van der Waals surface area contributed by atoms with E-state index in [1.807, 2.05) is 0 Å². The Morgan fingerprint density at radius 1 is 1.30 bits per heavy atom. The van der Waals surface area contributed by atoms with Crippen molar-refractivity contribution in [3.8, 4) is 0 Å². The maximum absolute atomic E-state index is 8.99. The lowest BCUT2D eigenvalue weighted by Crippen LogP contribution is -1.91. The fourth-order valence-corrected chi connectivity index (χ4v) is 0.817. The van der Waals surface area contributed by atoms with E-state index in [-0.39, 0.29) is 0 Å². The molecule has 0 aliphatic rings. The summed E-state index contributed by atoms with van der Waals surface area (Å²) in [6.45, 7) is 1.64. The van der Waals surface area contributed by atoms with Gasteiger partial charge < -0.3 is 0 Å². The predicted molar refractivity (Wildman–Crippen MR) is 43.2 cm³/mol. The van der Waals surface area contributed by atoms with E-state index in [2.05, 4.69) is 0 Å². The minimum atomic E-state index is 0.316. The minimum absolute atomic E-state index is 0.316. The Kier molecular flexibility index (Phi) is 2.07. The third kappa shape index (κ3) is 1.58. The van der Waals surface area contributed by atoms with Crippen LogP contribution >= 0.6 is 11.6 Å². The quantitative estimate of drug-likeness (QED) is 0.438. The Bertz CT molecular complexity index is 238. The van der Waals surface area contributed by atoms with Crippen molar-refractivity contribution in [1.29, 1.82) is 0 Å². The molecule has 0 saturated heterocycles. The largest absolute Gasteiger partial charge is 0.320 e. The number of hydrogen-bond acceptors (Lipinski definition) is 0. The highest BCUT2D eigenvalue weighted by Gasteiger charge is 2.02. The van der Waals surface area contributed by atoms with Crippen LogP contribution in [0.2, 0.25) is 5.02 Å². The zero-order chi connectivity index (χ0) is 7.56. The van der Waals surface area contributed by atoms with E-state index in [1.54, 1.807) is 31.2 Å². The molecule has 0 saturated carbocycles. The van der Waals surface area contributed by atoms with Crippen LogP contribution < -0.4 is 0 Å². The van der Waals surface area contributed by atoms with Gasteiger partial charge >= 0.3 is 5.78 Å². The first-order chi connectivity index (χ1) is 4.70. The first-order valence-corrected chi connectivity index (χ1v) is 3.36. The summed E-state index contributed by atoms with van der Waals surface area (Å²) in [5.41, 5.74) is 0.810. The van der Waals surface area contributed by atoms with Gasteiger partial charge in [0.05, 0.1) is 12.5 Å². The summed E-state index contributed by atoms with van der Waals surface area (Å²) in [5.74, 6) is 0.316. The molecule has 10 heavy (non-hydrogen) atoms. The Morgan fingerprint density at radius 2 is 1.80 bits per heavy atom. The minimum Gasteiger partial charge on any atom is -0.278 e. The van der Waals surface area contributed by atoms with E-state index in [0.717, 1.165) is 5.56 Å². The molecule has 1 N–H and O–H groups in total. The summed E-state index contributed by atoms with van der Waals surface area (Å²) in [4.78, 5) is 8.99. The van der Waals surface area contributed by atoms with E-state index in [1.165, 1.54) is 0 Å². The molecular weight excluding hydrogens is 148 g/mol.